The average molecular weight is 259 g/mol. The van der Waals surface area contributed by atoms with Gasteiger partial charge in [-0.05, 0) is 12.5 Å². The first-order valence-corrected chi connectivity index (χ1v) is 6.30. The van der Waals surface area contributed by atoms with Crippen LogP contribution < -0.4 is 5.32 Å². The second-order valence-corrected chi connectivity index (χ2v) is 5.70. The largest absolute Gasteiger partial charge is 0.296 e. The number of piperidine rings is 1. The van der Waals surface area contributed by atoms with Crippen molar-refractivity contribution < 1.29 is 9.59 Å². The topological polar surface area (TPSA) is 70.9 Å². The van der Waals surface area contributed by atoms with Crippen molar-refractivity contribution >= 4 is 23.9 Å². The molecule has 1 saturated heterocycles. The fourth-order valence-electron chi connectivity index (χ4n) is 1.90. The van der Waals surface area contributed by atoms with Crippen molar-refractivity contribution in [1.82, 2.24) is 5.32 Å². The number of allylic oxidation sites excluding steroid dienone is 2. The first-order valence-electron chi connectivity index (χ1n) is 6.30. The van der Waals surface area contributed by atoms with Gasteiger partial charge in [-0.2, -0.15) is 0 Å². The quantitative estimate of drug-likeness (QED) is 0.727. The van der Waals surface area contributed by atoms with Crippen LogP contribution in [0.5, 0.6) is 0 Å². The van der Waals surface area contributed by atoms with Crippen LogP contribution >= 0.6 is 0 Å². The number of hydrogen-bond donors (Lipinski definition) is 1. The van der Waals surface area contributed by atoms with Gasteiger partial charge >= 0.3 is 0 Å². The number of carbonyl (C=O) groups excluding carboxylic acids is 2. The second kappa shape index (κ2) is 4.94. The minimum absolute atomic E-state index is 0.145. The van der Waals surface area contributed by atoms with E-state index in [1.54, 1.807) is 12.3 Å². The van der Waals surface area contributed by atoms with Crippen molar-refractivity contribution in [3.63, 3.8) is 0 Å². The van der Waals surface area contributed by atoms with Crippen LogP contribution in [0.3, 0.4) is 0 Å². The van der Waals surface area contributed by atoms with Crippen LogP contribution in [0.4, 0.5) is 0 Å². The zero-order chi connectivity index (χ0) is 14.0. The summed E-state index contributed by atoms with van der Waals surface area (Å²) in [5.74, 6) is 2.00. The summed E-state index contributed by atoms with van der Waals surface area (Å²) < 4.78 is 0. The highest BCUT2D eigenvalue weighted by Gasteiger charge is 2.30. The third kappa shape index (κ3) is 3.06. The smallest absolute Gasteiger partial charge is 0.235 e. The van der Waals surface area contributed by atoms with E-state index in [0.29, 0.717) is 18.5 Å². The Labute approximate surface area is 112 Å². The lowest BCUT2D eigenvalue weighted by Crippen LogP contribution is -2.41. The van der Waals surface area contributed by atoms with Gasteiger partial charge in [0.2, 0.25) is 11.8 Å². The molecule has 100 valence electrons. The fraction of sp³-hybridized carbons (Fsp3) is 0.500. The molecule has 1 atom stereocenters. The van der Waals surface area contributed by atoms with E-state index in [1.807, 2.05) is 20.8 Å². The number of carbonyl (C=O) groups is 2. The lowest BCUT2D eigenvalue weighted by atomic mass is 9.93. The van der Waals surface area contributed by atoms with Gasteiger partial charge in [0.15, 0.2) is 0 Å². The van der Waals surface area contributed by atoms with Crippen molar-refractivity contribution in [1.29, 1.82) is 0 Å². The molecule has 1 unspecified atom stereocenters. The number of amides is 2. The molecule has 5 nitrogen and oxygen atoms in total. The molecule has 0 aromatic heterocycles. The zero-order valence-electron chi connectivity index (χ0n) is 11.4. The first-order chi connectivity index (χ1) is 8.88. The molecular formula is C14H17N3O2. The molecule has 0 saturated carbocycles. The summed E-state index contributed by atoms with van der Waals surface area (Å²) in [5, 5.41) is 2.33. The van der Waals surface area contributed by atoms with Gasteiger partial charge in [-0.1, -0.05) is 20.8 Å². The lowest BCUT2D eigenvalue weighted by molar-refractivity contribution is -0.135. The number of imide groups is 1. The minimum atomic E-state index is -0.393. The summed E-state index contributed by atoms with van der Waals surface area (Å²) in [4.78, 5) is 31.4. The Morgan fingerprint density at radius 1 is 1.37 bits per heavy atom. The SMILES string of the molecule is CC(C)(C)C1=C=NC(C2CCC(=O)NC2=O)=CC=N1. The molecule has 2 heterocycles. The predicted molar refractivity (Wildman–Crippen MR) is 72.9 cm³/mol. The minimum Gasteiger partial charge on any atom is -0.296 e. The molecule has 19 heavy (non-hydrogen) atoms. The van der Waals surface area contributed by atoms with E-state index in [4.69, 9.17) is 0 Å². The lowest BCUT2D eigenvalue weighted by Gasteiger charge is -2.20. The fourth-order valence-corrected chi connectivity index (χ4v) is 1.90. The summed E-state index contributed by atoms with van der Waals surface area (Å²) in [6.07, 6.45) is 4.19. The Hall–Kier alpha value is -2.00. The summed E-state index contributed by atoms with van der Waals surface area (Å²) in [5.41, 5.74) is 1.20. The van der Waals surface area contributed by atoms with Gasteiger partial charge in [0, 0.05) is 23.9 Å². The van der Waals surface area contributed by atoms with Crippen LogP contribution in [0.25, 0.3) is 0 Å². The van der Waals surface area contributed by atoms with E-state index in [-0.39, 0.29) is 17.2 Å². The van der Waals surface area contributed by atoms with Crippen molar-refractivity contribution in [2.45, 2.75) is 33.6 Å². The highest BCUT2D eigenvalue weighted by Crippen LogP contribution is 2.26. The van der Waals surface area contributed by atoms with Crippen LogP contribution in [0.2, 0.25) is 0 Å². The number of nitrogens with zero attached hydrogens (tertiary/aromatic N) is 2. The third-order valence-electron chi connectivity index (χ3n) is 3.05. The number of aliphatic imine (C=N–C) groups is 2. The molecule has 2 amide bonds. The van der Waals surface area contributed by atoms with Crippen LogP contribution in [0.1, 0.15) is 33.6 Å². The Bertz CT molecular complexity index is 544. The molecule has 0 aromatic rings. The summed E-state index contributed by atoms with van der Waals surface area (Å²) in [6, 6.07) is 0. The molecule has 0 aliphatic carbocycles. The highest BCUT2D eigenvalue weighted by atomic mass is 16.2. The molecule has 0 bridgehead atoms. The van der Waals surface area contributed by atoms with E-state index in [9.17, 15) is 9.59 Å². The molecule has 1 fully saturated rings. The van der Waals surface area contributed by atoms with Crippen LogP contribution in [-0.4, -0.2) is 23.9 Å². The molecule has 0 aromatic carbocycles. The van der Waals surface area contributed by atoms with E-state index < -0.39 is 5.92 Å². The number of rotatable bonds is 1. The summed E-state index contributed by atoms with van der Waals surface area (Å²) >= 11 is 0. The van der Waals surface area contributed by atoms with Crippen molar-refractivity contribution in [2.75, 3.05) is 0 Å². The number of nitrogens with one attached hydrogen (secondary N) is 1. The normalized spacial score (nSPS) is 23.6. The molecule has 2 aliphatic rings. The maximum absolute atomic E-state index is 11.8. The number of hydrogen-bond acceptors (Lipinski definition) is 4. The molecule has 5 heteroatoms. The van der Waals surface area contributed by atoms with Gasteiger partial charge in [0.1, 0.15) is 5.70 Å². The molecular weight excluding hydrogens is 242 g/mol. The molecule has 0 radical (unpaired) electrons. The van der Waals surface area contributed by atoms with Gasteiger partial charge in [-0.3, -0.25) is 19.9 Å². The average Bonchev–Trinajstić information content (AvgIpc) is 2.54. The second-order valence-electron chi connectivity index (χ2n) is 5.70. The monoisotopic (exact) mass is 259 g/mol. The summed E-state index contributed by atoms with van der Waals surface area (Å²) in [7, 11) is 0. The Morgan fingerprint density at radius 3 is 2.74 bits per heavy atom. The van der Waals surface area contributed by atoms with Gasteiger partial charge in [0.25, 0.3) is 0 Å². The molecule has 2 aliphatic heterocycles. The highest BCUT2D eigenvalue weighted by molar-refractivity contribution is 6.00. The first kappa shape index (κ1) is 13.4. The predicted octanol–water partition coefficient (Wildman–Crippen LogP) is 1.61. The van der Waals surface area contributed by atoms with E-state index in [0.717, 1.165) is 5.70 Å². The standard InChI is InChI=1S/C14H17N3O2/c1-14(2,3)11-8-16-10(6-7-15-11)9-4-5-12(18)17-13(9)19/h6-7,9H,4-5H2,1-3H3,(H,17,18,19). The molecule has 1 N–H and O–H groups in total. The Kier molecular flexibility index (Phi) is 3.49. The van der Waals surface area contributed by atoms with Crippen LogP contribution in [0, 0.1) is 11.3 Å². The zero-order valence-corrected chi connectivity index (χ0v) is 11.4. The Morgan fingerprint density at radius 2 is 2.11 bits per heavy atom. The van der Waals surface area contributed by atoms with Crippen molar-refractivity contribution in [3.8, 4) is 0 Å². The van der Waals surface area contributed by atoms with Gasteiger partial charge in [-0.15, -0.1) is 0 Å². The Balaban J connectivity index is 2.26. The van der Waals surface area contributed by atoms with Crippen LogP contribution in [0.15, 0.2) is 27.5 Å². The van der Waals surface area contributed by atoms with Gasteiger partial charge in [-0.25, -0.2) is 4.99 Å². The maximum atomic E-state index is 11.8. The van der Waals surface area contributed by atoms with E-state index in [2.05, 4.69) is 21.2 Å². The molecule has 0 spiro atoms. The van der Waals surface area contributed by atoms with E-state index >= 15 is 0 Å². The molecule has 2 rings (SSSR count). The summed E-state index contributed by atoms with van der Waals surface area (Å²) in [6.45, 7) is 6.08. The third-order valence-corrected chi connectivity index (χ3v) is 3.05. The van der Waals surface area contributed by atoms with Gasteiger partial charge in [0.05, 0.1) is 11.6 Å². The van der Waals surface area contributed by atoms with Crippen molar-refractivity contribution in [3.05, 3.63) is 17.5 Å². The van der Waals surface area contributed by atoms with Gasteiger partial charge < -0.3 is 0 Å². The van der Waals surface area contributed by atoms with Crippen molar-refractivity contribution in [2.24, 2.45) is 21.3 Å². The van der Waals surface area contributed by atoms with Crippen LogP contribution in [-0.2, 0) is 9.59 Å². The van der Waals surface area contributed by atoms with E-state index in [1.165, 1.54) is 0 Å². The maximum Gasteiger partial charge on any atom is 0.235 e.